The first kappa shape index (κ1) is 17.4. The van der Waals surface area contributed by atoms with E-state index in [1.807, 2.05) is 6.07 Å². The molecule has 1 unspecified atom stereocenters. The fourth-order valence-electron chi connectivity index (χ4n) is 2.01. The van der Waals surface area contributed by atoms with Crippen molar-refractivity contribution in [2.45, 2.75) is 39.2 Å². The summed E-state index contributed by atoms with van der Waals surface area (Å²) in [6.07, 6.45) is 5.75. The molecule has 1 heterocycles. The van der Waals surface area contributed by atoms with E-state index in [1.54, 1.807) is 19.3 Å². The summed E-state index contributed by atoms with van der Waals surface area (Å²) in [6, 6.07) is 1.97. The summed E-state index contributed by atoms with van der Waals surface area (Å²) in [6.45, 7) is 4.66. The molecular formula is C14H23ClN2O2S. The summed E-state index contributed by atoms with van der Waals surface area (Å²) < 4.78 is 23.1. The van der Waals surface area contributed by atoms with E-state index in [-0.39, 0.29) is 17.5 Å². The number of nitrogens with zero attached hydrogens (tertiary/aromatic N) is 1. The van der Waals surface area contributed by atoms with Crippen LogP contribution in [0.4, 0.5) is 0 Å². The normalized spacial score (nSPS) is 13.3. The van der Waals surface area contributed by atoms with Crippen LogP contribution >= 0.6 is 11.6 Å². The van der Waals surface area contributed by atoms with E-state index < -0.39 is 9.84 Å². The first-order valence-electron chi connectivity index (χ1n) is 7.03. The lowest BCUT2D eigenvalue weighted by atomic mass is 10.0. The van der Waals surface area contributed by atoms with E-state index in [2.05, 4.69) is 17.2 Å². The van der Waals surface area contributed by atoms with Crippen molar-refractivity contribution in [3.63, 3.8) is 0 Å². The summed E-state index contributed by atoms with van der Waals surface area (Å²) in [5, 5.41) is 4.05. The Morgan fingerprint density at radius 3 is 2.75 bits per heavy atom. The quantitative estimate of drug-likeness (QED) is 0.760. The van der Waals surface area contributed by atoms with Crippen LogP contribution in [0.5, 0.6) is 0 Å². The van der Waals surface area contributed by atoms with Crippen molar-refractivity contribution < 1.29 is 8.42 Å². The Balaban J connectivity index is 2.68. The van der Waals surface area contributed by atoms with E-state index in [0.29, 0.717) is 11.4 Å². The average Bonchev–Trinajstić information content (AvgIpc) is 2.43. The van der Waals surface area contributed by atoms with Crippen LogP contribution in [0.15, 0.2) is 18.5 Å². The highest BCUT2D eigenvalue weighted by molar-refractivity contribution is 7.91. The Kier molecular flexibility index (Phi) is 7.48. The van der Waals surface area contributed by atoms with E-state index >= 15 is 0 Å². The summed E-state index contributed by atoms with van der Waals surface area (Å²) in [5.74, 6) is 0.437. The number of nitrogens with one attached hydrogen (secondary N) is 1. The van der Waals surface area contributed by atoms with Gasteiger partial charge in [-0.3, -0.25) is 4.98 Å². The Morgan fingerprint density at radius 2 is 2.15 bits per heavy atom. The maximum absolute atomic E-state index is 11.5. The van der Waals surface area contributed by atoms with Crippen LogP contribution in [0.25, 0.3) is 0 Å². The summed E-state index contributed by atoms with van der Waals surface area (Å²) >= 11 is 6.17. The molecule has 0 spiro atoms. The lowest BCUT2D eigenvalue weighted by Crippen LogP contribution is -2.23. The molecule has 114 valence electrons. The molecule has 1 N–H and O–H groups in total. The highest BCUT2D eigenvalue weighted by Crippen LogP contribution is 2.25. The number of aromatic nitrogens is 1. The molecule has 0 aliphatic carbocycles. The standard InChI is InChI=1S/C14H23ClN2O2S/c1-3-8-17-14(6-5-10-20(18,19)4-2)12-7-9-16-11-13(12)15/h7,9,11,14,17H,3-6,8,10H2,1-2H3. The second-order valence-corrected chi connectivity index (χ2v) is 7.66. The van der Waals surface area contributed by atoms with Gasteiger partial charge in [0, 0.05) is 24.2 Å². The predicted molar refractivity (Wildman–Crippen MR) is 83.8 cm³/mol. The van der Waals surface area contributed by atoms with Gasteiger partial charge in [0.15, 0.2) is 0 Å². The first-order valence-corrected chi connectivity index (χ1v) is 9.23. The Morgan fingerprint density at radius 1 is 1.40 bits per heavy atom. The minimum atomic E-state index is -2.90. The van der Waals surface area contributed by atoms with Crippen LogP contribution in [-0.2, 0) is 9.84 Å². The molecule has 6 heteroatoms. The second kappa shape index (κ2) is 8.60. The number of hydrogen-bond donors (Lipinski definition) is 1. The number of sulfone groups is 1. The molecule has 20 heavy (non-hydrogen) atoms. The molecule has 4 nitrogen and oxygen atoms in total. The Hall–Kier alpha value is -0.650. The zero-order valence-electron chi connectivity index (χ0n) is 12.1. The molecule has 1 rings (SSSR count). The molecule has 0 radical (unpaired) electrons. The SMILES string of the molecule is CCCNC(CCCS(=O)(=O)CC)c1ccncc1Cl. The first-order chi connectivity index (χ1) is 9.50. The van der Waals surface area contributed by atoms with Crippen molar-refractivity contribution in [2.24, 2.45) is 0 Å². The van der Waals surface area contributed by atoms with E-state index in [4.69, 9.17) is 11.6 Å². The van der Waals surface area contributed by atoms with Crippen molar-refractivity contribution in [2.75, 3.05) is 18.1 Å². The smallest absolute Gasteiger partial charge is 0.150 e. The van der Waals surface area contributed by atoms with Crippen molar-refractivity contribution in [3.05, 3.63) is 29.0 Å². The minimum absolute atomic E-state index is 0.0810. The molecule has 0 fully saturated rings. The largest absolute Gasteiger partial charge is 0.310 e. The van der Waals surface area contributed by atoms with Gasteiger partial charge in [-0.15, -0.1) is 0 Å². The third-order valence-corrected chi connectivity index (χ3v) is 5.31. The van der Waals surface area contributed by atoms with Gasteiger partial charge in [-0.05, 0) is 37.4 Å². The minimum Gasteiger partial charge on any atom is -0.310 e. The molecule has 0 aliphatic rings. The van der Waals surface area contributed by atoms with Gasteiger partial charge in [0.05, 0.1) is 10.8 Å². The Bertz CT molecular complexity index is 506. The van der Waals surface area contributed by atoms with Gasteiger partial charge < -0.3 is 5.32 Å². The van der Waals surface area contributed by atoms with Crippen LogP contribution in [0.3, 0.4) is 0 Å². The molecule has 1 atom stereocenters. The van der Waals surface area contributed by atoms with Gasteiger partial charge in [-0.1, -0.05) is 25.4 Å². The van der Waals surface area contributed by atoms with Crippen LogP contribution in [0, 0.1) is 0 Å². The number of halogens is 1. The average molecular weight is 319 g/mol. The van der Waals surface area contributed by atoms with Gasteiger partial charge in [-0.2, -0.15) is 0 Å². The molecule has 0 saturated heterocycles. The molecule has 0 saturated carbocycles. The predicted octanol–water partition coefficient (Wildman–Crippen LogP) is 2.99. The van der Waals surface area contributed by atoms with Crippen LogP contribution in [0.1, 0.15) is 44.7 Å². The fraction of sp³-hybridized carbons (Fsp3) is 0.643. The Labute approximate surface area is 126 Å². The summed E-state index contributed by atoms with van der Waals surface area (Å²) in [5.41, 5.74) is 0.990. The third kappa shape index (κ3) is 5.77. The topological polar surface area (TPSA) is 59.1 Å². The van der Waals surface area contributed by atoms with Gasteiger partial charge in [-0.25, -0.2) is 8.42 Å². The molecule has 0 amide bonds. The second-order valence-electron chi connectivity index (χ2n) is 4.78. The number of rotatable bonds is 9. The third-order valence-electron chi connectivity index (χ3n) is 3.21. The molecule has 0 aliphatic heterocycles. The van der Waals surface area contributed by atoms with E-state index in [0.717, 1.165) is 24.9 Å². The van der Waals surface area contributed by atoms with Crippen molar-refractivity contribution in [1.29, 1.82) is 0 Å². The highest BCUT2D eigenvalue weighted by Gasteiger charge is 2.15. The lowest BCUT2D eigenvalue weighted by Gasteiger charge is -2.19. The zero-order chi connectivity index (χ0) is 15.0. The molecule has 1 aromatic rings. The number of hydrogen-bond acceptors (Lipinski definition) is 4. The van der Waals surface area contributed by atoms with Crippen LogP contribution in [-0.4, -0.2) is 31.5 Å². The molecule has 0 aromatic carbocycles. The van der Waals surface area contributed by atoms with Gasteiger partial charge >= 0.3 is 0 Å². The molecule has 0 bridgehead atoms. The molecule has 1 aromatic heterocycles. The van der Waals surface area contributed by atoms with E-state index in [9.17, 15) is 8.42 Å². The molecular weight excluding hydrogens is 296 g/mol. The summed E-state index contributed by atoms with van der Waals surface area (Å²) in [7, 11) is -2.90. The van der Waals surface area contributed by atoms with Crippen molar-refractivity contribution >= 4 is 21.4 Å². The van der Waals surface area contributed by atoms with Crippen molar-refractivity contribution in [1.82, 2.24) is 10.3 Å². The number of pyridine rings is 1. The monoisotopic (exact) mass is 318 g/mol. The van der Waals surface area contributed by atoms with E-state index in [1.165, 1.54) is 0 Å². The fourth-order valence-corrected chi connectivity index (χ4v) is 3.15. The van der Waals surface area contributed by atoms with Crippen molar-refractivity contribution in [3.8, 4) is 0 Å². The van der Waals surface area contributed by atoms with Gasteiger partial charge in [0.25, 0.3) is 0 Å². The van der Waals surface area contributed by atoms with Crippen LogP contribution < -0.4 is 5.32 Å². The zero-order valence-corrected chi connectivity index (χ0v) is 13.7. The lowest BCUT2D eigenvalue weighted by molar-refractivity contribution is 0.492. The maximum atomic E-state index is 11.5. The summed E-state index contributed by atoms with van der Waals surface area (Å²) in [4.78, 5) is 3.98. The van der Waals surface area contributed by atoms with Gasteiger partial charge in [0.2, 0.25) is 0 Å². The van der Waals surface area contributed by atoms with Gasteiger partial charge in [0.1, 0.15) is 9.84 Å². The highest BCUT2D eigenvalue weighted by atomic mass is 35.5. The van der Waals surface area contributed by atoms with Crippen LogP contribution in [0.2, 0.25) is 5.02 Å². The maximum Gasteiger partial charge on any atom is 0.150 e.